The Morgan fingerprint density at radius 1 is 1.21 bits per heavy atom. The number of thiophene rings is 1. The first kappa shape index (κ1) is 20.0. The number of aromatic nitrogens is 2. The van der Waals surface area contributed by atoms with E-state index >= 15 is 0 Å². The van der Waals surface area contributed by atoms with Gasteiger partial charge in [0.1, 0.15) is 16.3 Å². The van der Waals surface area contributed by atoms with Crippen LogP contribution in [0, 0.1) is 5.41 Å². The largest absolute Gasteiger partial charge is 0.457 e. The maximum atomic E-state index is 12.8. The molecule has 0 amide bonds. The average Bonchev–Trinajstić information content (AvgIpc) is 3.14. The minimum absolute atomic E-state index is 0.0780. The number of carbonyl (C=O) groups is 1. The predicted octanol–water partition coefficient (Wildman–Crippen LogP) is 2.14. The molecule has 0 spiro atoms. The molecule has 0 aliphatic heterocycles. The summed E-state index contributed by atoms with van der Waals surface area (Å²) >= 11 is 1.05. The Labute approximate surface area is 165 Å². The first-order chi connectivity index (χ1) is 13.2. The molecule has 3 aromatic rings. The van der Waals surface area contributed by atoms with Crippen LogP contribution < -0.4 is 11.2 Å². The van der Waals surface area contributed by atoms with Crippen LogP contribution in [-0.2, 0) is 24.9 Å². The molecule has 0 aliphatic rings. The van der Waals surface area contributed by atoms with E-state index in [0.717, 1.165) is 21.5 Å². The highest BCUT2D eigenvalue weighted by atomic mass is 32.1. The minimum Gasteiger partial charge on any atom is -0.457 e. The van der Waals surface area contributed by atoms with Gasteiger partial charge in [0, 0.05) is 25.6 Å². The van der Waals surface area contributed by atoms with E-state index < -0.39 is 22.6 Å². The number of hydrogen-bond donors (Lipinski definition) is 1. The highest BCUT2D eigenvalue weighted by molar-refractivity contribution is 7.20. The highest BCUT2D eigenvalue weighted by Crippen LogP contribution is 2.23. The number of rotatable bonds is 6. The third kappa shape index (κ3) is 3.93. The number of carbonyl (C=O) groups excluding carboxylic acids is 1. The van der Waals surface area contributed by atoms with E-state index in [1.165, 1.54) is 10.6 Å². The van der Waals surface area contributed by atoms with Gasteiger partial charge >= 0.3 is 11.7 Å². The molecule has 0 bridgehead atoms. The quantitative estimate of drug-likeness (QED) is 0.638. The highest BCUT2D eigenvalue weighted by Gasteiger charge is 2.23. The maximum absolute atomic E-state index is 12.8. The van der Waals surface area contributed by atoms with Crippen LogP contribution >= 0.6 is 11.3 Å². The van der Waals surface area contributed by atoms with Gasteiger partial charge < -0.3 is 9.84 Å². The van der Waals surface area contributed by atoms with E-state index in [1.54, 1.807) is 20.9 Å². The van der Waals surface area contributed by atoms with E-state index in [2.05, 4.69) is 0 Å². The lowest BCUT2D eigenvalue weighted by Gasteiger charge is -2.22. The van der Waals surface area contributed by atoms with Crippen molar-refractivity contribution in [1.29, 1.82) is 0 Å². The Kier molecular flexibility index (Phi) is 5.53. The van der Waals surface area contributed by atoms with E-state index in [0.29, 0.717) is 4.83 Å². The average molecular weight is 402 g/mol. The summed E-state index contributed by atoms with van der Waals surface area (Å²) in [6.07, 6.45) is 0. The van der Waals surface area contributed by atoms with Gasteiger partial charge in [0.25, 0.3) is 5.56 Å². The molecule has 1 N–H and O–H groups in total. The Morgan fingerprint density at radius 3 is 2.54 bits per heavy atom. The lowest BCUT2D eigenvalue weighted by atomic mass is 9.95. The van der Waals surface area contributed by atoms with E-state index in [1.807, 2.05) is 30.3 Å². The third-order valence-corrected chi connectivity index (χ3v) is 5.63. The summed E-state index contributed by atoms with van der Waals surface area (Å²) < 4.78 is 7.78. The number of esters is 1. The van der Waals surface area contributed by atoms with Crippen molar-refractivity contribution in [3.63, 3.8) is 0 Å². The molecule has 0 fully saturated rings. The van der Waals surface area contributed by atoms with Crippen molar-refractivity contribution >= 4 is 27.5 Å². The lowest BCUT2D eigenvalue weighted by Crippen LogP contribution is -2.42. The van der Waals surface area contributed by atoms with Gasteiger partial charge in [-0.2, -0.15) is 0 Å². The molecule has 148 valence electrons. The van der Waals surface area contributed by atoms with E-state index in [4.69, 9.17) is 4.74 Å². The molecule has 1 aromatic carbocycles. The summed E-state index contributed by atoms with van der Waals surface area (Å²) in [5.41, 5.74) is -0.724. The van der Waals surface area contributed by atoms with Crippen molar-refractivity contribution in [1.82, 2.24) is 9.13 Å². The Hall–Kier alpha value is -2.71. The molecule has 0 saturated heterocycles. The second kappa shape index (κ2) is 7.73. The zero-order chi connectivity index (χ0) is 20.5. The number of hydrogen-bond acceptors (Lipinski definition) is 6. The fourth-order valence-corrected chi connectivity index (χ4v) is 3.79. The number of aryl methyl sites for hydroxylation is 1. The summed E-state index contributed by atoms with van der Waals surface area (Å²) in [7, 11) is 1.56. The molecule has 2 heterocycles. The van der Waals surface area contributed by atoms with Crippen molar-refractivity contribution in [2.45, 2.75) is 27.0 Å². The molecule has 28 heavy (non-hydrogen) atoms. The molecule has 0 unspecified atom stereocenters. The van der Waals surface area contributed by atoms with E-state index in [-0.39, 0.29) is 30.0 Å². The SMILES string of the molecule is Cn1c(=O)n(CC(C)(C)CO)c(=O)c2cc(C(=O)OCc3ccccc3)sc21. The number of ether oxygens (including phenoxy) is 1. The van der Waals surface area contributed by atoms with Gasteiger partial charge in [-0.1, -0.05) is 44.2 Å². The number of benzene rings is 1. The van der Waals surface area contributed by atoms with Gasteiger partial charge in [-0.3, -0.25) is 13.9 Å². The Morgan fingerprint density at radius 2 is 1.89 bits per heavy atom. The van der Waals surface area contributed by atoms with Crippen LogP contribution in [0.25, 0.3) is 10.2 Å². The first-order valence-electron chi connectivity index (χ1n) is 8.79. The van der Waals surface area contributed by atoms with Crippen molar-refractivity contribution < 1.29 is 14.6 Å². The van der Waals surface area contributed by atoms with Gasteiger partial charge in [-0.25, -0.2) is 9.59 Å². The summed E-state index contributed by atoms with van der Waals surface area (Å²) in [6.45, 7) is 3.57. The number of aliphatic hydroxyl groups is 1. The zero-order valence-corrected chi connectivity index (χ0v) is 16.8. The summed E-state index contributed by atoms with van der Waals surface area (Å²) in [5.74, 6) is -0.542. The van der Waals surface area contributed by atoms with Gasteiger partial charge in [-0.15, -0.1) is 11.3 Å². The van der Waals surface area contributed by atoms with Crippen LogP contribution in [0.4, 0.5) is 0 Å². The molecule has 0 radical (unpaired) electrons. The smallest absolute Gasteiger partial charge is 0.348 e. The summed E-state index contributed by atoms with van der Waals surface area (Å²) in [5, 5.41) is 9.75. The Balaban J connectivity index is 1.96. The molecule has 0 aliphatic carbocycles. The lowest BCUT2D eigenvalue weighted by molar-refractivity contribution is 0.0478. The molecule has 0 atom stereocenters. The minimum atomic E-state index is -0.628. The molecular formula is C20H22N2O5S. The fourth-order valence-electron chi connectivity index (χ4n) is 2.80. The summed E-state index contributed by atoms with van der Waals surface area (Å²) in [4.78, 5) is 38.5. The molecular weight excluding hydrogens is 380 g/mol. The topological polar surface area (TPSA) is 90.5 Å². The van der Waals surface area contributed by atoms with Crippen LogP contribution in [0.2, 0.25) is 0 Å². The molecule has 8 heteroatoms. The van der Waals surface area contributed by atoms with Crippen LogP contribution in [0.15, 0.2) is 46.0 Å². The molecule has 0 saturated carbocycles. The van der Waals surface area contributed by atoms with Gasteiger partial charge in [-0.05, 0) is 11.6 Å². The van der Waals surface area contributed by atoms with Gasteiger partial charge in [0.05, 0.1) is 5.39 Å². The van der Waals surface area contributed by atoms with Crippen molar-refractivity contribution in [3.8, 4) is 0 Å². The van der Waals surface area contributed by atoms with Crippen LogP contribution in [0.5, 0.6) is 0 Å². The number of nitrogens with zero attached hydrogens (tertiary/aromatic N) is 2. The molecule has 2 aromatic heterocycles. The van der Waals surface area contributed by atoms with Gasteiger partial charge in [0.2, 0.25) is 0 Å². The normalized spacial score (nSPS) is 11.7. The monoisotopic (exact) mass is 402 g/mol. The van der Waals surface area contributed by atoms with Crippen molar-refractivity contribution in [3.05, 3.63) is 67.7 Å². The van der Waals surface area contributed by atoms with Crippen molar-refractivity contribution in [2.24, 2.45) is 12.5 Å². The first-order valence-corrected chi connectivity index (χ1v) is 9.60. The van der Waals surface area contributed by atoms with Crippen molar-refractivity contribution in [2.75, 3.05) is 6.61 Å². The second-order valence-corrected chi connectivity index (χ2v) is 8.48. The van der Waals surface area contributed by atoms with Crippen LogP contribution in [-0.4, -0.2) is 26.8 Å². The Bertz CT molecular complexity index is 1130. The van der Waals surface area contributed by atoms with Crippen LogP contribution in [0.3, 0.4) is 0 Å². The third-order valence-electron chi connectivity index (χ3n) is 4.44. The second-order valence-electron chi connectivity index (χ2n) is 7.45. The summed E-state index contributed by atoms with van der Waals surface area (Å²) in [6, 6.07) is 10.8. The maximum Gasteiger partial charge on any atom is 0.348 e. The molecule has 3 rings (SSSR count). The fraction of sp³-hybridized carbons (Fsp3) is 0.350. The van der Waals surface area contributed by atoms with E-state index in [9.17, 15) is 19.5 Å². The standard InChI is InChI=1S/C20H22N2O5S/c1-20(2,12-23)11-22-16(24)14-9-15(28-17(14)21(3)19(22)26)18(25)27-10-13-7-5-4-6-8-13/h4-9,23H,10-12H2,1-3H3. The predicted molar refractivity (Wildman–Crippen MR) is 108 cm³/mol. The van der Waals surface area contributed by atoms with Gasteiger partial charge in [0.15, 0.2) is 0 Å². The molecule has 7 nitrogen and oxygen atoms in total. The van der Waals surface area contributed by atoms with Crippen LogP contribution in [0.1, 0.15) is 29.1 Å². The zero-order valence-electron chi connectivity index (χ0n) is 16.0. The number of aliphatic hydroxyl groups excluding tert-OH is 1. The number of fused-ring (bicyclic) bond motifs is 1.